The first kappa shape index (κ1) is 14.1. The van der Waals surface area contributed by atoms with Crippen molar-refractivity contribution in [2.45, 2.75) is 20.8 Å². The van der Waals surface area contributed by atoms with Gasteiger partial charge in [0.25, 0.3) is 0 Å². The Morgan fingerprint density at radius 1 is 0.786 bits per heavy atom. The fraction of sp³-hybridized carbons (Fsp3) is 1.00. The van der Waals surface area contributed by atoms with E-state index in [1.165, 1.54) is 0 Å². The van der Waals surface area contributed by atoms with Crippen LogP contribution in [0.25, 0.3) is 0 Å². The molecule has 0 saturated heterocycles. The maximum absolute atomic E-state index is 11.5. The van der Waals surface area contributed by atoms with Crippen molar-refractivity contribution in [3.8, 4) is 0 Å². The van der Waals surface area contributed by atoms with Crippen molar-refractivity contribution in [2.75, 3.05) is 19.8 Å². The van der Waals surface area contributed by atoms with Gasteiger partial charge >= 0.3 is 85.1 Å². The molecule has 0 radical (unpaired) electrons. The molecule has 0 rings (SSSR count). The van der Waals surface area contributed by atoms with Gasteiger partial charge < -0.3 is 0 Å². The van der Waals surface area contributed by atoms with Gasteiger partial charge in [-0.2, -0.15) is 0 Å². The van der Waals surface area contributed by atoms with Crippen LogP contribution in [0.2, 0.25) is 0 Å². The molecule has 0 bridgehead atoms. The van der Waals surface area contributed by atoms with Gasteiger partial charge in [-0.05, 0) is 0 Å². The van der Waals surface area contributed by atoms with Gasteiger partial charge in [-0.25, -0.2) is 0 Å². The van der Waals surface area contributed by atoms with E-state index < -0.39 is 14.5 Å². The quantitative estimate of drug-likeness (QED) is 0.349. The zero-order chi connectivity index (χ0) is 10.9. The molecule has 0 aliphatic rings. The maximum atomic E-state index is 11.5. The Balaban J connectivity index is 3.97. The number of hydrogen-bond acceptors (Lipinski definition) is 7. The van der Waals surface area contributed by atoms with Gasteiger partial charge in [0.15, 0.2) is 0 Å². The second-order valence-corrected chi connectivity index (χ2v) is 4.71. The van der Waals surface area contributed by atoms with Crippen LogP contribution in [0.1, 0.15) is 20.8 Å². The zero-order valence-electron chi connectivity index (χ0n) is 8.43. The third-order valence-electron chi connectivity index (χ3n) is 0.786. The second-order valence-electron chi connectivity index (χ2n) is 1.89. The van der Waals surface area contributed by atoms with E-state index in [2.05, 4.69) is 26.3 Å². The molecule has 0 amide bonds. The summed E-state index contributed by atoms with van der Waals surface area (Å²) in [5.74, 6) is 0. The van der Waals surface area contributed by atoms with E-state index in [0.717, 1.165) is 0 Å². The van der Waals surface area contributed by atoms with Crippen LogP contribution in [0.15, 0.2) is 0 Å². The Bertz CT molecular complexity index is 145. The Morgan fingerprint density at radius 2 is 1.07 bits per heavy atom. The van der Waals surface area contributed by atoms with Crippen LogP contribution in [0.4, 0.5) is 0 Å². The van der Waals surface area contributed by atoms with Crippen molar-refractivity contribution >= 4 is 14.5 Å². The molecule has 8 heteroatoms. The Kier molecular flexibility index (Phi) is 8.50. The molecule has 0 saturated carbocycles. The SMILES string of the molecule is CCOO[As](=O)(OOCC)OOCC. The number of hydrogen-bond donors (Lipinski definition) is 0. The van der Waals surface area contributed by atoms with E-state index in [0.29, 0.717) is 0 Å². The molecule has 0 heterocycles. The van der Waals surface area contributed by atoms with Crippen molar-refractivity contribution in [3.63, 3.8) is 0 Å². The van der Waals surface area contributed by atoms with Crippen LogP contribution in [-0.4, -0.2) is 34.3 Å². The summed E-state index contributed by atoms with van der Waals surface area (Å²) in [7, 11) is 0. The van der Waals surface area contributed by atoms with Crippen molar-refractivity contribution in [1.29, 1.82) is 0 Å². The van der Waals surface area contributed by atoms with Crippen molar-refractivity contribution in [1.82, 2.24) is 0 Å². The first-order valence-corrected chi connectivity index (χ1v) is 7.28. The summed E-state index contributed by atoms with van der Waals surface area (Å²) in [6.45, 7) is 5.58. The van der Waals surface area contributed by atoms with E-state index in [4.69, 9.17) is 0 Å². The second kappa shape index (κ2) is 8.43. The molecule has 0 fully saturated rings. The molecular formula is C6H15AsO7. The van der Waals surface area contributed by atoms with Crippen molar-refractivity contribution < 1.29 is 30.0 Å². The van der Waals surface area contributed by atoms with Crippen LogP contribution >= 0.6 is 0 Å². The normalized spacial score (nSPS) is 11.9. The summed E-state index contributed by atoms with van der Waals surface area (Å²) >= 11 is -4.58. The molecule has 0 N–H and O–H groups in total. The number of rotatable bonds is 9. The van der Waals surface area contributed by atoms with E-state index in [9.17, 15) is 3.74 Å². The molecule has 0 spiro atoms. The minimum absolute atomic E-state index is 0.205. The van der Waals surface area contributed by atoms with E-state index in [1.54, 1.807) is 20.8 Å². The minimum atomic E-state index is -4.58. The van der Waals surface area contributed by atoms with Gasteiger partial charge in [-0.15, -0.1) is 0 Å². The first-order valence-electron chi connectivity index (χ1n) is 4.22. The van der Waals surface area contributed by atoms with Crippen LogP contribution in [0.5, 0.6) is 0 Å². The third-order valence-corrected chi connectivity index (χ3v) is 2.60. The molecule has 0 unspecified atom stereocenters. The predicted octanol–water partition coefficient (Wildman–Crippen LogP) is 0.757. The Morgan fingerprint density at radius 3 is 1.29 bits per heavy atom. The molecule has 14 heavy (non-hydrogen) atoms. The van der Waals surface area contributed by atoms with Crippen LogP contribution in [-0.2, 0) is 30.0 Å². The van der Waals surface area contributed by atoms with Crippen molar-refractivity contribution in [3.05, 3.63) is 0 Å². The standard InChI is InChI=1S/C6H15AsO7/c1-4-9-12-7(8,13-10-5-2)14-11-6-3/h4-6H2,1-3H3. The summed E-state index contributed by atoms with van der Waals surface area (Å²) < 4.78 is 24.7. The molecule has 7 nitrogen and oxygen atoms in total. The van der Waals surface area contributed by atoms with Gasteiger partial charge in [-0.1, -0.05) is 0 Å². The summed E-state index contributed by atoms with van der Waals surface area (Å²) in [4.78, 5) is 13.3. The Hall–Kier alpha value is 0.118. The third kappa shape index (κ3) is 6.55. The summed E-state index contributed by atoms with van der Waals surface area (Å²) in [6, 6.07) is 0. The fourth-order valence-electron chi connectivity index (χ4n) is 0.389. The van der Waals surface area contributed by atoms with Crippen LogP contribution in [0, 0.1) is 0 Å². The molecule has 86 valence electrons. The summed E-state index contributed by atoms with van der Waals surface area (Å²) in [5, 5.41) is 0. The van der Waals surface area contributed by atoms with E-state index in [1.807, 2.05) is 0 Å². The van der Waals surface area contributed by atoms with E-state index in [-0.39, 0.29) is 19.8 Å². The average Bonchev–Trinajstić information content (AvgIpc) is 2.21. The molecule has 0 aromatic rings. The van der Waals surface area contributed by atoms with Gasteiger partial charge in [0.05, 0.1) is 0 Å². The predicted molar refractivity (Wildman–Crippen MR) is 44.6 cm³/mol. The molecular weight excluding hydrogens is 259 g/mol. The molecule has 0 aromatic carbocycles. The van der Waals surface area contributed by atoms with Gasteiger partial charge in [-0.3, -0.25) is 0 Å². The van der Waals surface area contributed by atoms with Gasteiger partial charge in [0.2, 0.25) is 0 Å². The van der Waals surface area contributed by atoms with E-state index >= 15 is 0 Å². The van der Waals surface area contributed by atoms with Crippen molar-refractivity contribution in [2.24, 2.45) is 0 Å². The molecule has 0 aliphatic carbocycles. The first-order chi connectivity index (χ1) is 6.68. The molecule has 0 atom stereocenters. The summed E-state index contributed by atoms with van der Waals surface area (Å²) in [6.07, 6.45) is 0. The topological polar surface area (TPSA) is 72.5 Å². The Labute approximate surface area is 85.7 Å². The zero-order valence-corrected chi connectivity index (χ0v) is 10.3. The van der Waals surface area contributed by atoms with Gasteiger partial charge in [0, 0.05) is 0 Å². The average molecular weight is 274 g/mol. The monoisotopic (exact) mass is 274 g/mol. The van der Waals surface area contributed by atoms with Crippen LogP contribution in [0.3, 0.4) is 0 Å². The summed E-state index contributed by atoms with van der Waals surface area (Å²) in [5.41, 5.74) is 0. The molecule has 0 aliphatic heterocycles. The van der Waals surface area contributed by atoms with Crippen LogP contribution < -0.4 is 0 Å². The van der Waals surface area contributed by atoms with Gasteiger partial charge in [0.1, 0.15) is 0 Å². The fourth-order valence-corrected chi connectivity index (χ4v) is 2.02. The molecule has 0 aromatic heterocycles.